The molecule has 0 radical (unpaired) electrons. The first-order valence-corrected chi connectivity index (χ1v) is 9.39. The van der Waals surface area contributed by atoms with Crippen molar-refractivity contribution in [2.75, 3.05) is 6.26 Å². The normalized spacial score (nSPS) is 12.4. The maximum Gasteiger partial charge on any atom is 0.238 e. The van der Waals surface area contributed by atoms with Crippen LogP contribution >= 0.6 is 0 Å². The quantitative estimate of drug-likeness (QED) is 0.823. The summed E-state index contributed by atoms with van der Waals surface area (Å²) in [6.45, 7) is 2.07. The van der Waals surface area contributed by atoms with Gasteiger partial charge in [-0.15, -0.1) is 0 Å². The average molecular weight is 348 g/mol. The summed E-state index contributed by atoms with van der Waals surface area (Å²) >= 11 is 0. The van der Waals surface area contributed by atoms with Crippen LogP contribution in [0.2, 0.25) is 0 Å². The lowest BCUT2D eigenvalue weighted by atomic mass is 10.2. The Morgan fingerprint density at radius 3 is 2.50 bits per heavy atom. The molecule has 0 saturated heterocycles. The van der Waals surface area contributed by atoms with Crippen molar-refractivity contribution < 1.29 is 17.9 Å². The number of amides is 1. The molecular weight excluding hydrogens is 328 g/mol. The van der Waals surface area contributed by atoms with E-state index in [1.165, 1.54) is 6.92 Å². The minimum atomic E-state index is -3.38. The van der Waals surface area contributed by atoms with Crippen molar-refractivity contribution in [3.8, 4) is 5.75 Å². The molecule has 1 N–H and O–H groups in total. The maximum absolute atomic E-state index is 11.8. The van der Waals surface area contributed by atoms with Crippen LogP contribution in [0.4, 0.5) is 0 Å². The van der Waals surface area contributed by atoms with E-state index in [0.29, 0.717) is 12.4 Å². The fourth-order valence-electron chi connectivity index (χ4n) is 1.88. The van der Waals surface area contributed by atoms with Gasteiger partial charge in [-0.3, -0.25) is 9.78 Å². The van der Waals surface area contributed by atoms with Gasteiger partial charge >= 0.3 is 0 Å². The van der Waals surface area contributed by atoms with Crippen LogP contribution in [0, 0.1) is 0 Å². The van der Waals surface area contributed by atoms with Crippen molar-refractivity contribution in [2.24, 2.45) is 0 Å². The highest BCUT2D eigenvalue weighted by Gasteiger charge is 2.22. The number of sulfone groups is 1. The fraction of sp³-hybridized carbons (Fsp3) is 0.294. The van der Waals surface area contributed by atoms with Gasteiger partial charge in [0.15, 0.2) is 9.84 Å². The van der Waals surface area contributed by atoms with Crippen LogP contribution in [0.3, 0.4) is 0 Å². The predicted octanol–water partition coefficient (Wildman–Crippen LogP) is 1.71. The first-order valence-electron chi connectivity index (χ1n) is 7.43. The molecule has 0 aliphatic carbocycles. The van der Waals surface area contributed by atoms with Crippen LogP contribution in [0.5, 0.6) is 5.75 Å². The zero-order chi connectivity index (χ0) is 17.6. The molecule has 0 fully saturated rings. The molecular formula is C17H20N2O4S. The lowest BCUT2D eigenvalue weighted by Gasteiger charge is -2.11. The minimum absolute atomic E-state index is 0.265. The molecule has 2 aromatic rings. The fourth-order valence-corrected chi connectivity index (χ4v) is 2.35. The van der Waals surface area contributed by atoms with E-state index in [0.717, 1.165) is 17.4 Å². The Morgan fingerprint density at radius 2 is 1.92 bits per heavy atom. The first kappa shape index (κ1) is 17.9. The number of hydrogen-bond donors (Lipinski definition) is 1. The third kappa shape index (κ3) is 5.34. The molecule has 0 spiro atoms. The van der Waals surface area contributed by atoms with E-state index in [-0.39, 0.29) is 6.54 Å². The summed E-state index contributed by atoms with van der Waals surface area (Å²) in [5.41, 5.74) is 1.83. The van der Waals surface area contributed by atoms with Crippen LogP contribution < -0.4 is 10.1 Å². The Labute approximate surface area is 141 Å². The third-order valence-electron chi connectivity index (χ3n) is 3.53. The van der Waals surface area contributed by atoms with Gasteiger partial charge in [-0.1, -0.05) is 18.2 Å². The number of rotatable bonds is 7. The molecule has 0 aliphatic heterocycles. The molecule has 1 heterocycles. The number of nitrogens with one attached hydrogen (secondary N) is 1. The summed E-state index contributed by atoms with van der Waals surface area (Å²) in [7, 11) is -3.38. The van der Waals surface area contributed by atoms with E-state index in [1.54, 1.807) is 24.5 Å². The van der Waals surface area contributed by atoms with Crippen molar-refractivity contribution in [1.29, 1.82) is 0 Å². The SMILES string of the molecule is CC(C(=O)NCc1ccc(OCc2cccnc2)cc1)S(C)(=O)=O. The number of benzene rings is 1. The molecule has 1 aromatic heterocycles. The second-order valence-corrected chi connectivity index (χ2v) is 7.85. The van der Waals surface area contributed by atoms with Crippen molar-refractivity contribution in [1.82, 2.24) is 10.3 Å². The lowest BCUT2D eigenvalue weighted by Crippen LogP contribution is -2.36. The standard InChI is InChI=1S/C17H20N2O4S/c1-13(24(2,21)22)17(20)19-11-14-5-7-16(8-6-14)23-12-15-4-3-9-18-10-15/h3-10,13H,11-12H2,1-2H3,(H,19,20). The summed E-state index contributed by atoms with van der Waals surface area (Å²) in [4.78, 5) is 15.8. The third-order valence-corrected chi connectivity index (χ3v) is 5.03. The van der Waals surface area contributed by atoms with Gasteiger partial charge in [0.25, 0.3) is 0 Å². The number of ether oxygens (including phenoxy) is 1. The van der Waals surface area contributed by atoms with Gasteiger partial charge in [-0.25, -0.2) is 8.42 Å². The molecule has 0 aliphatic rings. The molecule has 2 rings (SSSR count). The zero-order valence-electron chi connectivity index (χ0n) is 13.6. The number of aromatic nitrogens is 1. The molecule has 128 valence electrons. The van der Waals surface area contributed by atoms with Crippen LogP contribution in [0.25, 0.3) is 0 Å². The smallest absolute Gasteiger partial charge is 0.238 e. The molecule has 24 heavy (non-hydrogen) atoms. The molecule has 1 atom stereocenters. The number of pyridine rings is 1. The van der Waals surface area contributed by atoms with Gasteiger partial charge in [-0.2, -0.15) is 0 Å². The molecule has 1 unspecified atom stereocenters. The van der Waals surface area contributed by atoms with Crippen molar-refractivity contribution in [3.63, 3.8) is 0 Å². The lowest BCUT2D eigenvalue weighted by molar-refractivity contribution is -0.120. The zero-order valence-corrected chi connectivity index (χ0v) is 14.4. The van der Waals surface area contributed by atoms with Gasteiger partial charge in [0.05, 0.1) is 0 Å². The topological polar surface area (TPSA) is 85.4 Å². The van der Waals surface area contributed by atoms with Gasteiger partial charge in [0, 0.05) is 30.8 Å². The van der Waals surface area contributed by atoms with E-state index >= 15 is 0 Å². The summed E-state index contributed by atoms with van der Waals surface area (Å²) in [5, 5.41) is 1.56. The monoisotopic (exact) mass is 348 g/mol. The van der Waals surface area contributed by atoms with Crippen molar-refractivity contribution >= 4 is 15.7 Å². The second-order valence-electron chi connectivity index (χ2n) is 5.48. The predicted molar refractivity (Wildman–Crippen MR) is 91.2 cm³/mol. The van der Waals surface area contributed by atoms with Gasteiger partial charge in [0.2, 0.25) is 5.91 Å². The maximum atomic E-state index is 11.8. The highest BCUT2D eigenvalue weighted by Crippen LogP contribution is 2.14. The summed E-state index contributed by atoms with van der Waals surface area (Å²) in [6, 6.07) is 11.0. The summed E-state index contributed by atoms with van der Waals surface area (Å²) in [6.07, 6.45) is 4.50. The van der Waals surface area contributed by atoms with Crippen molar-refractivity contribution in [2.45, 2.75) is 25.3 Å². The van der Waals surface area contributed by atoms with Crippen LogP contribution in [-0.2, 0) is 27.8 Å². The number of nitrogens with zero attached hydrogens (tertiary/aromatic N) is 1. The van der Waals surface area contributed by atoms with E-state index in [9.17, 15) is 13.2 Å². The molecule has 0 saturated carbocycles. The summed E-state index contributed by atoms with van der Waals surface area (Å²) in [5.74, 6) is 0.202. The Balaban J connectivity index is 1.85. The summed E-state index contributed by atoms with van der Waals surface area (Å²) < 4.78 is 28.3. The van der Waals surface area contributed by atoms with Crippen LogP contribution in [-0.4, -0.2) is 30.8 Å². The largest absolute Gasteiger partial charge is 0.489 e. The Hall–Kier alpha value is -2.41. The molecule has 1 amide bonds. The second kappa shape index (κ2) is 7.92. The Kier molecular flexibility index (Phi) is 5.92. The van der Waals surface area contributed by atoms with E-state index in [1.807, 2.05) is 24.3 Å². The number of carbonyl (C=O) groups excluding carboxylic acids is 1. The van der Waals surface area contributed by atoms with Crippen LogP contribution in [0.1, 0.15) is 18.1 Å². The minimum Gasteiger partial charge on any atom is -0.489 e. The molecule has 0 bridgehead atoms. The van der Waals surface area contributed by atoms with E-state index < -0.39 is 21.0 Å². The molecule has 6 nitrogen and oxygen atoms in total. The Morgan fingerprint density at radius 1 is 1.21 bits per heavy atom. The highest BCUT2D eigenvalue weighted by atomic mass is 32.2. The Bertz CT molecular complexity index is 774. The molecule has 1 aromatic carbocycles. The van der Waals surface area contributed by atoms with Crippen molar-refractivity contribution in [3.05, 3.63) is 59.9 Å². The first-order chi connectivity index (χ1) is 11.4. The van der Waals surface area contributed by atoms with Crippen LogP contribution in [0.15, 0.2) is 48.8 Å². The average Bonchev–Trinajstić information content (AvgIpc) is 2.58. The van der Waals surface area contributed by atoms with Gasteiger partial charge < -0.3 is 10.1 Å². The number of carbonyl (C=O) groups is 1. The number of hydrogen-bond acceptors (Lipinski definition) is 5. The molecule has 7 heteroatoms. The van der Waals surface area contributed by atoms with E-state index in [4.69, 9.17) is 4.74 Å². The van der Waals surface area contributed by atoms with Gasteiger partial charge in [-0.05, 0) is 30.7 Å². The van der Waals surface area contributed by atoms with Gasteiger partial charge in [0.1, 0.15) is 17.6 Å². The van der Waals surface area contributed by atoms with E-state index in [2.05, 4.69) is 10.3 Å². The highest BCUT2D eigenvalue weighted by molar-refractivity contribution is 7.92.